The van der Waals surface area contributed by atoms with E-state index < -0.39 is 0 Å². The third kappa shape index (κ3) is 2.67. The van der Waals surface area contributed by atoms with Gasteiger partial charge in [0.25, 0.3) is 5.91 Å². The summed E-state index contributed by atoms with van der Waals surface area (Å²) in [6, 6.07) is 0.124. The molecule has 0 aromatic carbocycles. The van der Waals surface area contributed by atoms with Crippen molar-refractivity contribution in [2.45, 2.75) is 25.3 Å². The molecule has 0 bridgehead atoms. The molecule has 1 saturated carbocycles. The normalized spacial score (nSPS) is 25.9. The van der Waals surface area contributed by atoms with Crippen molar-refractivity contribution in [2.24, 2.45) is 11.8 Å². The lowest BCUT2D eigenvalue weighted by Gasteiger charge is -2.31. The maximum Gasteiger partial charge on any atom is 0.259 e. The number of H-pyrrole nitrogens is 1. The molecule has 1 saturated heterocycles. The molecule has 10 nitrogen and oxygen atoms in total. The molecule has 2 aliphatic rings. The Bertz CT molecular complexity index is 785. The summed E-state index contributed by atoms with van der Waals surface area (Å²) >= 11 is 0. The lowest BCUT2D eigenvalue weighted by Crippen LogP contribution is -2.40. The minimum Gasteiger partial charge on any atom is -0.345 e. The summed E-state index contributed by atoms with van der Waals surface area (Å²) in [6.45, 7) is 0.781. The fraction of sp³-hybridized carbons (Fsp3) is 0.600. The number of aromatic nitrogens is 6. The first kappa shape index (κ1) is 15.7. The van der Waals surface area contributed by atoms with Gasteiger partial charge in [0.2, 0.25) is 5.91 Å². The van der Waals surface area contributed by atoms with Crippen LogP contribution in [-0.4, -0.2) is 78.7 Å². The molecule has 3 atom stereocenters. The number of aromatic amines is 1. The van der Waals surface area contributed by atoms with Gasteiger partial charge < -0.3 is 9.80 Å². The summed E-state index contributed by atoms with van der Waals surface area (Å²) < 4.78 is 1.39. The summed E-state index contributed by atoms with van der Waals surface area (Å²) in [4.78, 5) is 28.4. The van der Waals surface area contributed by atoms with Gasteiger partial charge in [0.1, 0.15) is 11.9 Å². The lowest BCUT2D eigenvalue weighted by molar-refractivity contribution is -0.134. The van der Waals surface area contributed by atoms with Gasteiger partial charge >= 0.3 is 0 Å². The minimum absolute atomic E-state index is 0.123. The average molecular weight is 344 g/mol. The Morgan fingerprint density at radius 3 is 2.92 bits per heavy atom. The van der Waals surface area contributed by atoms with Crippen molar-refractivity contribution in [2.75, 3.05) is 20.6 Å². The van der Waals surface area contributed by atoms with Crippen LogP contribution in [0.2, 0.25) is 0 Å². The Kier molecular flexibility index (Phi) is 3.74. The van der Waals surface area contributed by atoms with Gasteiger partial charge in [-0.25, -0.2) is 0 Å². The predicted molar refractivity (Wildman–Crippen MR) is 85.6 cm³/mol. The smallest absolute Gasteiger partial charge is 0.259 e. The molecule has 0 unspecified atom stereocenters. The van der Waals surface area contributed by atoms with Crippen molar-refractivity contribution < 1.29 is 9.59 Å². The van der Waals surface area contributed by atoms with Crippen LogP contribution in [0, 0.1) is 11.8 Å². The summed E-state index contributed by atoms with van der Waals surface area (Å²) in [5, 5.41) is 17.7. The van der Waals surface area contributed by atoms with Crippen LogP contribution >= 0.6 is 0 Å². The Labute approximate surface area is 144 Å². The van der Waals surface area contributed by atoms with Crippen LogP contribution in [0.15, 0.2) is 12.5 Å². The highest BCUT2D eigenvalue weighted by molar-refractivity contribution is 5.97. The topological polar surface area (TPSA) is 113 Å². The highest BCUT2D eigenvalue weighted by atomic mass is 16.2. The van der Waals surface area contributed by atoms with Crippen molar-refractivity contribution >= 4 is 11.8 Å². The van der Waals surface area contributed by atoms with Crippen LogP contribution in [0.1, 0.15) is 29.6 Å². The molecule has 132 valence electrons. The molecule has 3 heterocycles. The highest BCUT2D eigenvalue weighted by Crippen LogP contribution is 2.40. The molecular weight excluding hydrogens is 324 g/mol. The standard InChI is InChI=1S/C15H20N8O2/c1-21-7-10-4-11(3-9(10)5-13(21)24)22(2)15(25)12-6-16-18-14(12)23-8-17-19-20-23/h6,8-11H,3-5,7H2,1-2H3,(H,16,18)/t9-,10+,11-/m0/s1. The van der Waals surface area contributed by atoms with Gasteiger partial charge in [-0.05, 0) is 35.1 Å². The van der Waals surface area contributed by atoms with Crippen LogP contribution in [-0.2, 0) is 4.79 Å². The van der Waals surface area contributed by atoms with Gasteiger partial charge in [0.05, 0.1) is 6.20 Å². The van der Waals surface area contributed by atoms with Crippen LogP contribution in [0.25, 0.3) is 5.82 Å². The first-order chi connectivity index (χ1) is 12.0. The van der Waals surface area contributed by atoms with Crippen LogP contribution in [0.3, 0.4) is 0 Å². The van der Waals surface area contributed by atoms with E-state index in [0.29, 0.717) is 29.6 Å². The first-order valence-electron chi connectivity index (χ1n) is 8.32. The van der Waals surface area contributed by atoms with Gasteiger partial charge in [-0.1, -0.05) is 0 Å². The van der Waals surface area contributed by atoms with E-state index in [1.807, 2.05) is 14.1 Å². The van der Waals surface area contributed by atoms with E-state index in [9.17, 15) is 9.59 Å². The second kappa shape index (κ2) is 5.94. The molecule has 0 spiro atoms. The monoisotopic (exact) mass is 344 g/mol. The number of nitrogens with one attached hydrogen (secondary N) is 1. The number of rotatable bonds is 3. The SMILES string of the molecule is CN1C[C@H]2C[C@@H](N(C)C(=O)c3cn[nH]c3-n3cnnn3)C[C@H]2CC1=O. The fourth-order valence-electron chi connectivity index (χ4n) is 4.03. The Morgan fingerprint density at radius 2 is 2.16 bits per heavy atom. The molecular formula is C15H20N8O2. The number of nitrogens with zero attached hydrogens (tertiary/aromatic N) is 7. The zero-order valence-corrected chi connectivity index (χ0v) is 14.2. The van der Waals surface area contributed by atoms with E-state index in [-0.39, 0.29) is 17.9 Å². The van der Waals surface area contributed by atoms with Crippen molar-refractivity contribution in [3.8, 4) is 5.82 Å². The third-order valence-corrected chi connectivity index (χ3v) is 5.48. The summed E-state index contributed by atoms with van der Waals surface area (Å²) in [5.41, 5.74) is 0.429. The predicted octanol–water partition coefficient (Wildman–Crippen LogP) is -0.286. The molecule has 2 aromatic heterocycles. The molecule has 0 radical (unpaired) electrons. The number of carbonyl (C=O) groups is 2. The third-order valence-electron chi connectivity index (χ3n) is 5.48. The van der Waals surface area contributed by atoms with E-state index in [4.69, 9.17) is 0 Å². The van der Waals surface area contributed by atoms with E-state index in [0.717, 1.165) is 19.4 Å². The second-order valence-corrected chi connectivity index (χ2v) is 6.93. The van der Waals surface area contributed by atoms with Crippen LogP contribution in [0.4, 0.5) is 0 Å². The number of hydrogen-bond acceptors (Lipinski definition) is 6. The lowest BCUT2D eigenvalue weighted by atomic mass is 9.88. The maximum absolute atomic E-state index is 12.9. The largest absolute Gasteiger partial charge is 0.345 e. The number of hydrogen-bond donors (Lipinski definition) is 1. The first-order valence-corrected chi connectivity index (χ1v) is 8.32. The Balaban J connectivity index is 1.51. The molecule has 4 rings (SSSR count). The van der Waals surface area contributed by atoms with E-state index >= 15 is 0 Å². The number of tetrazole rings is 1. The molecule has 25 heavy (non-hydrogen) atoms. The van der Waals surface area contributed by atoms with Crippen LogP contribution in [0.5, 0.6) is 0 Å². The second-order valence-electron chi connectivity index (χ2n) is 6.93. The van der Waals surface area contributed by atoms with Crippen molar-refractivity contribution in [1.82, 2.24) is 40.2 Å². The van der Waals surface area contributed by atoms with E-state index in [1.165, 1.54) is 17.2 Å². The van der Waals surface area contributed by atoms with Gasteiger partial charge in [-0.15, -0.1) is 5.10 Å². The summed E-state index contributed by atoms with van der Waals surface area (Å²) in [5.74, 6) is 1.36. The Hall–Kier alpha value is -2.78. The van der Waals surface area contributed by atoms with Gasteiger partial charge in [0, 0.05) is 33.1 Å². The van der Waals surface area contributed by atoms with Crippen molar-refractivity contribution in [3.05, 3.63) is 18.1 Å². The number of carbonyl (C=O) groups excluding carboxylic acids is 2. The highest BCUT2D eigenvalue weighted by Gasteiger charge is 2.42. The molecule has 2 aromatic rings. The average Bonchev–Trinajstić information content (AvgIpc) is 3.33. The number of fused-ring (bicyclic) bond motifs is 1. The quantitative estimate of drug-likeness (QED) is 0.819. The zero-order chi connectivity index (χ0) is 17.6. The molecule has 2 amide bonds. The molecule has 1 N–H and O–H groups in total. The van der Waals surface area contributed by atoms with Crippen molar-refractivity contribution in [3.63, 3.8) is 0 Å². The number of likely N-dealkylation sites (tertiary alicyclic amines) is 1. The molecule has 1 aliphatic carbocycles. The van der Waals surface area contributed by atoms with Gasteiger partial charge in [0.15, 0.2) is 5.82 Å². The molecule has 1 aliphatic heterocycles. The fourth-order valence-corrected chi connectivity index (χ4v) is 4.03. The zero-order valence-electron chi connectivity index (χ0n) is 14.2. The van der Waals surface area contributed by atoms with E-state index in [1.54, 1.807) is 9.80 Å². The summed E-state index contributed by atoms with van der Waals surface area (Å²) in [7, 11) is 3.66. The Morgan fingerprint density at radius 1 is 1.36 bits per heavy atom. The maximum atomic E-state index is 12.9. The number of piperidine rings is 1. The van der Waals surface area contributed by atoms with Gasteiger partial charge in [-0.2, -0.15) is 9.78 Å². The molecule has 2 fully saturated rings. The summed E-state index contributed by atoms with van der Waals surface area (Å²) in [6.07, 6.45) is 5.28. The molecule has 10 heteroatoms. The van der Waals surface area contributed by atoms with Crippen LogP contribution < -0.4 is 0 Å². The minimum atomic E-state index is -0.123. The number of amides is 2. The van der Waals surface area contributed by atoms with Gasteiger partial charge in [-0.3, -0.25) is 14.7 Å². The van der Waals surface area contributed by atoms with E-state index in [2.05, 4.69) is 25.7 Å². The van der Waals surface area contributed by atoms with Crippen molar-refractivity contribution in [1.29, 1.82) is 0 Å².